The average molecular weight is 532 g/mol. The number of hydrogen-bond acceptors (Lipinski definition) is 10. The molecule has 11 nitrogen and oxygen atoms in total. The van der Waals surface area contributed by atoms with E-state index >= 15 is 4.39 Å². The van der Waals surface area contributed by atoms with Crippen molar-refractivity contribution in [2.75, 3.05) is 59.3 Å². The lowest BCUT2D eigenvalue weighted by Gasteiger charge is -2.55. The third-order valence-electron chi connectivity index (χ3n) is 9.12. The first-order valence-corrected chi connectivity index (χ1v) is 12.9. The number of ketones is 3. The number of aromatic nitrogens is 1. The molecule has 1 aromatic heterocycles. The van der Waals surface area contributed by atoms with E-state index in [1.54, 1.807) is 23.9 Å². The van der Waals surface area contributed by atoms with Crippen molar-refractivity contribution in [1.82, 2.24) is 14.8 Å². The van der Waals surface area contributed by atoms with Gasteiger partial charge in [0, 0.05) is 51.2 Å². The highest BCUT2D eigenvalue weighted by Gasteiger charge is 2.66. The molecule has 1 amide bonds. The van der Waals surface area contributed by atoms with Gasteiger partial charge < -0.3 is 25.4 Å². The molecule has 206 valence electrons. The number of Topliss-reactive ketones (excluding diaryl/α,β-unsaturated/α-hetero) is 3. The number of anilines is 1. The summed E-state index contributed by atoms with van der Waals surface area (Å²) in [7, 11) is 6.63. The van der Waals surface area contributed by atoms with Crippen LogP contribution in [0.5, 0.6) is 5.75 Å². The molecule has 0 spiro atoms. The number of aromatic hydroxyl groups is 1. The Balaban J connectivity index is 1.59. The summed E-state index contributed by atoms with van der Waals surface area (Å²) in [6.45, 7) is 2.36. The SMILES string of the molecule is COC12CC(C(N)=O)C(=O)C(N(C)C)C1CC1Cc3c(F)nc(N4CCN(C)CC4)c(O)c3C(=O)C1C2=O. The van der Waals surface area contributed by atoms with Crippen molar-refractivity contribution >= 4 is 29.1 Å². The summed E-state index contributed by atoms with van der Waals surface area (Å²) in [5, 5.41) is 11.2. The summed E-state index contributed by atoms with van der Waals surface area (Å²) in [4.78, 5) is 63.1. The zero-order chi connectivity index (χ0) is 27.7. The molecule has 1 saturated heterocycles. The molecule has 2 heterocycles. The van der Waals surface area contributed by atoms with Crippen molar-refractivity contribution in [2.24, 2.45) is 29.4 Å². The van der Waals surface area contributed by atoms with Crippen LogP contribution in [0.2, 0.25) is 0 Å². The lowest BCUT2D eigenvalue weighted by Crippen LogP contribution is -2.70. The molecule has 6 atom stereocenters. The highest BCUT2D eigenvalue weighted by molar-refractivity contribution is 6.18. The summed E-state index contributed by atoms with van der Waals surface area (Å²) in [5.41, 5.74) is 3.73. The monoisotopic (exact) mass is 531 g/mol. The normalized spacial score (nSPS) is 33.7. The molecule has 12 heteroatoms. The summed E-state index contributed by atoms with van der Waals surface area (Å²) in [5.74, 6) is -7.48. The van der Waals surface area contributed by atoms with Crippen LogP contribution in [-0.4, -0.2) is 109 Å². The van der Waals surface area contributed by atoms with E-state index in [0.717, 1.165) is 0 Å². The molecule has 3 N–H and O–H groups in total. The van der Waals surface area contributed by atoms with Crippen molar-refractivity contribution in [2.45, 2.75) is 30.9 Å². The Bertz CT molecular complexity index is 1210. The summed E-state index contributed by atoms with van der Waals surface area (Å²) >= 11 is 0. The Morgan fingerprint density at radius 1 is 1.21 bits per heavy atom. The Labute approximate surface area is 220 Å². The van der Waals surface area contributed by atoms with Crippen molar-refractivity contribution in [3.8, 4) is 5.75 Å². The highest BCUT2D eigenvalue weighted by Crippen LogP contribution is 2.53. The van der Waals surface area contributed by atoms with Gasteiger partial charge in [-0.05, 0) is 39.9 Å². The van der Waals surface area contributed by atoms with Crippen LogP contribution in [0.1, 0.15) is 28.8 Å². The standard InChI is InChI=1S/C26H34FN5O6/c1-30(2)18-15-10-12-9-13-17(21(35)25(29-23(13)27)32-7-5-31(3)6-8-32)20(34)16(12)22(36)26(15,38-4)11-14(19(18)33)24(28)37/h12,14-16,18,35H,5-11H2,1-4H3,(H2,28,37). The van der Waals surface area contributed by atoms with Gasteiger partial charge in [0.1, 0.15) is 11.5 Å². The van der Waals surface area contributed by atoms with Crippen LogP contribution in [0.25, 0.3) is 0 Å². The number of carbonyl (C=O) groups excluding carboxylic acids is 4. The minimum absolute atomic E-state index is 0.00605. The van der Waals surface area contributed by atoms with Crippen LogP contribution in [0.15, 0.2) is 0 Å². The molecule has 2 saturated carbocycles. The van der Waals surface area contributed by atoms with Crippen LogP contribution < -0.4 is 10.6 Å². The molecule has 3 aliphatic carbocycles. The highest BCUT2D eigenvalue weighted by atomic mass is 19.1. The van der Waals surface area contributed by atoms with E-state index in [-0.39, 0.29) is 36.2 Å². The van der Waals surface area contributed by atoms with Gasteiger partial charge in [-0.2, -0.15) is 9.37 Å². The maximum atomic E-state index is 15.4. The second kappa shape index (κ2) is 9.35. The number of carbonyl (C=O) groups is 4. The van der Waals surface area contributed by atoms with Crippen LogP contribution >= 0.6 is 0 Å². The van der Waals surface area contributed by atoms with Crippen LogP contribution in [0.4, 0.5) is 10.2 Å². The largest absolute Gasteiger partial charge is 0.504 e. The molecule has 1 aliphatic heterocycles. The molecule has 6 unspecified atom stereocenters. The maximum Gasteiger partial charge on any atom is 0.228 e. The van der Waals surface area contributed by atoms with Crippen molar-refractivity contribution in [3.05, 3.63) is 17.1 Å². The third kappa shape index (κ3) is 3.76. The lowest BCUT2D eigenvalue weighted by molar-refractivity contribution is -0.182. The number of nitrogens with two attached hydrogens (primary N) is 1. The Morgan fingerprint density at radius 3 is 2.45 bits per heavy atom. The van der Waals surface area contributed by atoms with Gasteiger partial charge >= 0.3 is 0 Å². The molecule has 5 rings (SSSR count). The topological polar surface area (TPSA) is 146 Å². The third-order valence-corrected chi connectivity index (χ3v) is 9.12. The number of amides is 1. The molecule has 4 aliphatic rings. The fourth-order valence-electron chi connectivity index (χ4n) is 7.16. The van der Waals surface area contributed by atoms with E-state index in [1.807, 2.05) is 7.05 Å². The van der Waals surface area contributed by atoms with Gasteiger partial charge in [-0.15, -0.1) is 0 Å². The number of primary amides is 1. The number of pyridine rings is 1. The average Bonchev–Trinajstić information content (AvgIpc) is 2.86. The number of piperazine rings is 1. The number of methoxy groups -OCH3 is 1. The minimum atomic E-state index is -1.60. The second-order valence-corrected chi connectivity index (χ2v) is 11.3. The smallest absolute Gasteiger partial charge is 0.228 e. The number of halogens is 1. The van der Waals surface area contributed by atoms with Gasteiger partial charge in [-0.3, -0.25) is 24.1 Å². The number of rotatable bonds is 4. The summed E-state index contributed by atoms with van der Waals surface area (Å²) < 4.78 is 21.2. The molecule has 3 fully saturated rings. The van der Waals surface area contributed by atoms with E-state index in [9.17, 15) is 24.3 Å². The molecule has 0 bridgehead atoms. The van der Waals surface area contributed by atoms with Gasteiger partial charge in [0.05, 0.1) is 17.5 Å². The Kier molecular flexibility index (Phi) is 6.56. The number of hydrogen-bond donors (Lipinski definition) is 2. The number of nitrogens with zero attached hydrogens (tertiary/aromatic N) is 4. The summed E-state index contributed by atoms with van der Waals surface area (Å²) in [6, 6.07) is -0.849. The van der Waals surface area contributed by atoms with E-state index in [2.05, 4.69) is 9.88 Å². The predicted molar refractivity (Wildman–Crippen MR) is 133 cm³/mol. The van der Waals surface area contributed by atoms with Crippen molar-refractivity contribution in [1.29, 1.82) is 0 Å². The van der Waals surface area contributed by atoms with Crippen molar-refractivity contribution in [3.63, 3.8) is 0 Å². The number of likely N-dealkylation sites (N-methyl/N-ethyl adjacent to an activating group) is 2. The van der Waals surface area contributed by atoms with Gasteiger partial charge in [-0.1, -0.05) is 0 Å². The zero-order valence-corrected chi connectivity index (χ0v) is 22.1. The fourth-order valence-corrected chi connectivity index (χ4v) is 7.16. The minimum Gasteiger partial charge on any atom is -0.504 e. The fraction of sp³-hybridized carbons (Fsp3) is 0.654. The number of ether oxygens (including phenoxy) is 1. The van der Waals surface area contributed by atoms with E-state index in [1.165, 1.54) is 7.11 Å². The van der Waals surface area contributed by atoms with Crippen LogP contribution in [0.3, 0.4) is 0 Å². The first-order chi connectivity index (χ1) is 17.9. The van der Waals surface area contributed by atoms with E-state index in [0.29, 0.717) is 26.2 Å². The maximum absolute atomic E-state index is 15.4. The molecule has 0 radical (unpaired) electrons. The summed E-state index contributed by atoms with van der Waals surface area (Å²) in [6.07, 6.45) is -0.0230. The lowest BCUT2D eigenvalue weighted by atomic mass is 9.52. The van der Waals surface area contributed by atoms with Crippen LogP contribution in [0, 0.1) is 29.6 Å². The molecule has 0 aromatic carbocycles. The van der Waals surface area contributed by atoms with Gasteiger partial charge in [0.25, 0.3) is 0 Å². The van der Waals surface area contributed by atoms with Crippen molar-refractivity contribution < 1.29 is 33.4 Å². The second-order valence-electron chi connectivity index (χ2n) is 11.3. The van der Waals surface area contributed by atoms with E-state index in [4.69, 9.17) is 10.5 Å². The first-order valence-electron chi connectivity index (χ1n) is 12.9. The molecule has 38 heavy (non-hydrogen) atoms. The first kappa shape index (κ1) is 26.6. The van der Waals surface area contributed by atoms with Crippen LogP contribution in [-0.2, 0) is 25.5 Å². The molecule has 1 aromatic rings. The van der Waals surface area contributed by atoms with Gasteiger partial charge in [-0.25, -0.2) is 0 Å². The van der Waals surface area contributed by atoms with E-state index < -0.39 is 70.3 Å². The number of fused-ring (bicyclic) bond motifs is 3. The Morgan fingerprint density at radius 2 is 1.87 bits per heavy atom. The Hall–Kier alpha value is -2.96. The molecular weight excluding hydrogens is 497 g/mol. The predicted octanol–water partition coefficient (Wildman–Crippen LogP) is -0.372. The van der Waals surface area contributed by atoms with Gasteiger partial charge in [0.2, 0.25) is 11.9 Å². The molecular formula is C26H34FN5O6. The van der Waals surface area contributed by atoms with Gasteiger partial charge in [0.15, 0.2) is 28.9 Å². The zero-order valence-electron chi connectivity index (χ0n) is 22.1. The quantitative estimate of drug-likeness (QED) is 0.390.